The zero-order valence-corrected chi connectivity index (χ0v) is 11.5. The Balaban J connectivity index is 2.32. The van der Waals surface area contributed by atoms with Crippen molar-refractivity contribution in [2.75, 3.05) is 19.6 Å². The Kier molecular flexibility index (Phi) is 7.06. The highest BCUT2D eigenvalue weighted by molar-refractivity contribution is 4.79. The van der Waals surface area contributed by atoms with Crippen LogP contribution in [0, 0.1) is 0 Å². The Morgan fingerprint density at radius 3 is 2.44 bits per heavy atom. The minimum atomic E-state index is 0.743. The van der Waals surface area contributed by atoms with E-state index in [2.05, 4.69) is 31.0 Å². The van der Waals surface area contributed by atoms with Crippen LogP contribution in [0.2, 0.25) is 0 Å². The summed E-state index contributed by atoms with van der Waals surface area (Å²) in [5.41, 5.74) is 0. The van der Waals surface area contributed by atoms with E-state index in [0.29, 0.717) is 0 Å². The molecule has 16 heavy (non-hydrogen) atoms. The van der Waals surface area contributed by atoms with Crippen molar-refractivity contribution in [3.8, 4) is 0 Å². The molecule has 0 heterocycles. The van der Waals surface area contributed by atoms with E-state index in [1.54, 1.807) is 0 Å². The van der Waals surface area contributed by atoms with E-state index in [-0.39, 0.29) is 0 Å². The first-order valence-electron chi connectivity index (χ1n) is 7.26. The lowest BCUT2D eigenvalue weighted by Crippen LogP contribution is -2.43. The lowest BCUT2D eigenvalue weighted by atomic mass is 9.93. The SMILES string of the molecule is CCNCCC(C)N(CC)C1CCCCC1. The average Bonchev–Trinajstić information content (AvgIpc) is 2.32. The molecule has 96 valence electrons. The zero-order valence-electron chi connectivity index (χ0n) is 11.5. The minimum absolute atomic E-state index is 0.743. The van der Waals surface area contributed by atoms with Gasteiger partial charge < -0.3 is 5.32 Å². The number of hydrogen-bond donors (Lipinski definition) is 1. The van der Waals surface area contributed by atoms with Gasteiger partial charge in [-0.3, -0.25) is 4.90 Å². The first-order valence-corrected chi connectivity index (χ1v) is 7.26. The highest BCUT2D eigenvalue weighted by atomic mass is 15.2. The van der Waals surface area contributed by atoms with Gasteiger partial charge >= 0.3 is 0 Å². The van der Waals surface area contributed by atoms with Gasteiger partial charge in [0.25, 0.3) is 0 Å². The molecular formula is C14H30N2. The molecular weight excluding hydrogens is 196 g/mol. The van der Waals surface area contributed by atoms with Crippen LogP contribution in [0.1, 0.15) is 59.3 Å². The van der Waals surface area contributed by atoms with Gasteiger partial charge in [-0.25, -0.2) is 0 Å². The third kappa shape index (κ3) is 4.42. The molecule has 2 heteroatoms. The Hall–Kier alpha value is -0.0800. The molecule has 1 saturated carbocycles. The summed E-state index contributed by atoms with van der Waals surface area (Å²) in [5, 5.41) is 3.43. The normalized spacial score (nSPS) is 20.2. The molecule has 1 atom stereocenters. The summed E-state index contributed by atoms with van der Waals surface area (Å²) in [6.07, 6.45) is 8.50. The summed E-state index contributed by atoms with van der Waals surface area (Å²) < 4.78 is 0. The molecule has 1 unspecified atom stereocenters. The minimum Gasteiger partial charge on any atom is -0.317 e. The highest BCUT2D eigenvalue weighted by Gasteiger charge is 2.23. The van der Waals surface area contributed by atoms with Crippen molar-refractivity contribution in [3.63, 3.8) is 0 Å². The highest BCUT2D eigenvalue weighted by Crippen LogP contribution is 2.24. The predicted octanol–water partition coefficient (Wildman–Crippen LogP) is 3.03. The fourth-order valence-corrected chi connectivity index (χ4v) is 3.00. The van der Waals surface area contributed by atoms with Crippen LogP contribution < -0.4 is 5.32 Å². The standard InChI is InChI=1S/C14H30N2/c1-4-15-12-11-13(3)16(5-2)14-9-7-6-8-10-14/h13-15H,4-12H2,1-3H3. The van der Waals surface area contributed by atoms with Crippen molar-refractivity contribution in [1.29, 1.82) is 0 Å². The molecule has 0 bridgehead atoms. The third-order valence-electron chi connectivity index (χ3n) is 3.96. The van der Waals surface area contributed by atoms with Crippen LogP contribution in [0.5, 0.6) is 0 Å². The molecule has 0 aromatic carbocycles. The second-order valence-electron chi connectivity index (χ2n) is 5.11. The number of rotatable bonds is 7. The maximum atomic E-state index is 3.43. The number of nitrogens with one attached hydrogen (secondary N) is 1. The number of hydrogen-bond acceptors (Lipinski definition) is 2. The molecule has 1 rings (SSSR count). The van der Waals surface area contributed by atoms with Crippen molar-refractivity contribution in [1.82, 2.24) is 10.2 Å². The van der Waals surface area contributed by atoms with E-state index in [1.165, 1.54) is 51.6 Å². The van der Waals surface area contributed by atoms with Gasteiger partial charge in [-0.05, 0) is 45.8 Å². The smallest absolute Gasteiger partial charge is 0.00979 e. The Morgan fingerprint density at radius 1 is 1.19 bits per heavy atom. The monoisotopic (exact) mass is 226 g/mol. The van der Waals surface area contributed by atoms with Crippen molar-refractivity contribution >= 4 is 0 Å². The van der Waals surface area contributed by atoms with Crippen LogP contribution in [0.15, 0.2) is 0 Å². The Labute approximate surface area is 102 Å². The summed E-state index contributed by atoms with van der Waals surface area (Å²) in [5.74, 6) is 0. The van der Waals surface area contributed by atoms with E-state index in [9.17, 15) is 0 Å². The summed E-state index contributed by atoms with van der Waals surface area (Å²) >= 11 is 0. The van der Waals surface area contributed by atoms with E-state index in [0.717, 1.165) is 18.6 Å². The first kappa shape index (κ1) is 14.0. The predicted molar refractivity (Wildman–Crippen MR) is 71.9 cm³/mol. The van der Waals surface area contributed by atoms with Gasteiger partial charge in [0.1, 0.15) is 0 Å². The molecule has 2 nitrogen and oxygen atoms in total. The van der Waals surface area contributed by atoms with Crippen LogP contribution in [0.4, 0.5) is 0 Å². The lowest BCUT2D eigenvalue weighted by molar-refractivity contribution is 0.114. The summed E-state index contributed by atoms with van der Waals surface area (Å²) in [6, 6.07) is 1.61. The molecule has 0 amide bonds. The number of nitrogens with zero attached hydrogens (tertiary/aromatic N) is 1. The van der Waals surface area contributed by atoms with Gasteiger partial charge in [0.05, 0.1) is 0 Å². The molecule has 1 N–H and O–H groups in total. The molecule has 0 aromatic rings. The van der Waals surface area contributed by atoms with Gasteiger partial charge in [-0.2, -0.15) is 0 Å². The Morgan fingerprint density at radius 2 is 1.88 bits per heavy atom. The van der Waals surface area contributed by atoms with Gasteiger partial charge in [-0.1, -0.05) is 33.1 Å². The van der Waals surface area contributed by atoms with Crippen molar-refractivity contribution in [2.45, 2.75) is 71.4 Å². The van der Waals surface area contributed by atoms with Crippen LogP contribution >= 0.6 is 0 Å². The second-order valence-corrected chi connectivity index (χ2v) is 5.11. The van der Waals surface area contributed by atoms with Crippen LogP contribution in [0.3, 0.4) is 0 Å². The molecule has 0 aliphatic heterocycles. The second kappa shape index (κ2) is 8.08. The summed E-state index contributed by atoms with van der Waals surface area (Å²) in [4.78, 5) is 2.73. The van der Waals surface area contributed by atoms with Crippen molar-refractivity contribution in [2.24, 2.45) is 0 Å². The average molecular weight is 226 g/mol. The maximum Gasteiger partial charge on any atom is 0.00979 e. The topological polar surface area (TPSA) is 15.3 Å². The van der Waals surface area contributed by atoms with E-state index >= 15 is 0 Å². The van der Waals surface area contributed by atoms with Crippen molar-refractivity contribution in [3.05, 3.63) is 0 Å². The fourth-order valence-electron chi connectivity index (χ4n) is 3.00. The fraction of sp³-hybridized carbons (Fsp3) is 1.00. The summed E-state index contributed by atoms with van der Waals surface area (Å²) in [7, 11) is 0. The lowest BCUT2D eigenvalue weighted by Gasteiger charge is -2.38. The quantitative estimate of drug-likeness (QED) is 0.671. The van der Waals surface area contributed by atoms with Crippen molar-refractivity contribution < 1.29 is 0 Å². The molecule has 0 aromatic heterocycles. The van der Waals surface area contributed by atoms with Gasteiger partial charge in [0.15, 0.2) is 0 Å². The van der Waals surface area contributed by atoms with Gasteiger partial charge in [-0.15, -0.1) is 0 Å². The molecule has 1 fully saturated rings. The van der Waals surface area contributed by atoms with Gasteiger partial charge in [0, 0.05) is 12.1 Å². The Bertz CT molecular complexity index is 164. The van der Waals surface area contributed by atoms with E-state index < -0.39 is 0 Å². The van der Waals surface area contributed by atoms with Crippen LogP contribution in [-0.2, 0) is 0 Å². The maximum absolute atomic E-state index is 3.43. The molecule has 1 aliphatic carbocycles. The largest absolute Gasteiger partial charge is 0.317 e. The molecule has 0 radical (unpaired) electrons. The molecule has 0 saturated heterocycles. The first-order chi connectivity index (χ1) is 7.79. The molecule has 1 aliphatic rings. The van der Waals surface area contributed by atoms with Crippen LogP contribution in [0.25, 0.3) is 0 Å². The summed E-state index contributed by atoms with van der Waals surface area (Å²) in [6.45, 7) is 10.4. The van der Waals surface area contributed by atoms with E-state index in [1.807, 2.05) is 0 Å². The van der Waals surface area contributed by atoms with Gasteiger partial charge in [0.2, 0.25) is 0 Å². The zero-order chi connectivity index (χ0) is 11.8. The van der Waals surface area contributed by atoms with Crippen LogP contribution in [-0.4, -0.2) is 36.6 Å². The molecule has 0 spiro atoms. The third-order valence-corrected chi connectivity index (χ3v) is 3.96. The van der Waals surface area contributed by atoms with E-state index in [4.69, 9.17) is 0 Å².